The summed E-state index contributed by atoms with van der Waals surface area (Å²) in [6, 6.07) is 23.7. The number of nitrogens with zero attached hydrogens (tertiary/aromatic N) is 1. The predicted octanol–water partition coefficient (Wildman–Crippen LogP) is 7.66. The number of alkyl halides is 3. The second-order valence-electron chi connectivity index (χ2n) is 9.30. The van der Waals surface area contributed by atoms with E-state index in [9.17, 15) is 22.8 Å². The highest BCUT2D eigenvalue weighted by molar-refractivity contribution is 6.30. The minimum absolute atomic E-state index is 0.139. The fourth-order valence-electron chi connectivity index (χ4n) is 4.55. The normalized spacial score (nSPS) is 11.5. The lowest BCUT2D eigenvalue weighted by atomic mass is 9.98. The minimum atomic E-state index is -4.45. The molecule has 1 aromatic heterocycles. The minimum Gasteiger partial charge on any atom is -0.478 e. The van der Waals surface area contributed by atoms with Gasteiger partial charge in [0.2, 0.25) is 0 Å². The third kappa shape index (κ3) is 5.87. The molecule has 9 heteroatoms. The first-order valence-corrected chi connectivity index (χ1v) is 12.6. The molecule has 0 unspecified atom stereocenters. The molecule has 40 heavy (non-hydrogen) atoms. The number of hydrogen-bond donors (Lipinski definition) is 2. The van der Waals surface area contributed by atoms with Gasteiger partial charge in [0.15, 0.2) is 0 Å². The van der Waals surface area contributed by atoms with Crippen molar-refractivity contribution >= 4 is 34.4 Å². The fourth-order valence-corrected chi connectivity index (χ4v) is 4.76. The van der Waals surface area contributed by atoms with E-state index in [-0.39, 0.29) is 18.0 Å². The van der Waals surface area contributed by atoms with E-state index in [1.165, 1.54) is 24.3 Å². The number of carbonyl (C=O) groups excluding carboxylic acids is 1. The third-order valence-electron chi connectivity index (χ3n) is 6.55. The molecule has 0 radical (unpaired) electrons. The molecule has 5 rings (SSSR count). The highest BCUT2D eigenvalue weighted by atomic mass is 35.5. The quantitative estimate of drug-likeness (QED) is 0.214. The van der Waals surface area contributed by atoms with Crippen molar-refractivity contribution in [1.82, 2.24) is 9.88 Å². The second-order valence-corrected chi connectivity index (χ2v) is 9.73. The lowest BCUT2D eigenvalue weighted by Gasteiger charge is -2.14. The number of carbonyl (C=O) groups is 2. The maximum absolute atomic E-state index is 13.5. The molecular weight excluding hydrogens is 541 g/mol. The molecule has 4 aromatic carbocycles. The zero-order valence-corrected chi connectivity index (χ0v) is 21.6. The Kier molecular flexibility index (Phi) is 7.36. The second kappa shape index (κ2) is 10.9. The van der Waals surface area contributed by atoms with Crippen molar-refractivity contribution in [1.29, 1.82) is 0 Å². The SMILES string of the molecule is O=C(O)c1ccc(CNC(=O)c2cc(-c3ccc(C(F)(F)F)cc3)cc3ccn(Cc4cccc(Cl)c4)c23)cc1. The largest absolute Gasteiger partial charge is 0.478 e. The third-order valence-corrected chi connectivity index (χ3v) is 6.78. The number of rotatable bonds is 7. The zero-order chi connectivity index (χ0) is 28.4. The molecule has 1 heterocycles. The maximum atomic E-state index is 13.5. The molecule has 0 bridgehead atoms. The van der Waals surface area contributed by atoms with E-state index in [0.29, 0.717) is 39.3 Å². The van der Waals surface area contributed by atoms with Crippen molar-refractivity contribution in [3.8, 4) is 11.1 Å². The van der Waals surface area contributed by atoms with Gasteiger partial charge in [0.1, 0.15) is 0 Å². The first-order chi connectivity index (χ1) is 19.1. The van der Waals surface area contributed by atoms with Crippen LogP contribution in [0.1, 0.15) is 37.4 Å². The molecule has 0 aliphatic rings. The van der Waals surface area contributed by atoms with Gasteiger partial charge in [0.05, 0.1) is 22.2 Å². The highest BCUT2D eigenvalue weighted by Gasteiger charge is 2.30. The number of amides is 1. The molecule has 5 aromatic rings. The number of fused-ring (bicyclic) bond motifs is 1. The average molecular weight is 563 g/mol. The number of aromatic carboxylic acids is 1. The van der Waals surface area contributed by atoms with Crippen molar-refractivity contribution in [3.63, 3.8) is 0 Å². The molecule has 0 fully saturated rings. The van der Waals surface area contributed by atoms with E-state index in [1.807, 2.05) is 41.1 Å². The Hall–Kier alpha value is -4.56. The topological polar surface area (TPSA) is 71.3 Å². The summed E-state index contributed by atoms with van der Waals surface area (Å²) in [6.45, 7) is 0.598. The number of aromatic nitrogens is 1. The fraction of sp³-hybridized carbons (Fsp3) is 0.0968. The summed E-state index contributed by atoms with van der Waals surface area (Å²) in [5, 5.41) is 13.3. The van der Waals surface area contributed by atoms with Gasteiger partial charge in [0, 0.05) is 29.7 Å². The van der Waals surface area contributed by atoms with E-state index in [2.05, 4.69) is 5.32 Å². The molecular formula is C31H22ClF3N2O3. The summed E-state index contributed by atoms with van der Waals surface area (Å²) in [5.74, 6) is -1.43. The van der Waals surface area contributed by atoms with Crippen LogP contribution >= 0.6 is 11.6 Å². The molecule has 0 aliphatic heterocycles. The monoisotopic (exact) mass is 562 g/mol. The van der Waals surface area contributed by atoms with Gasteiger partial charge in [0.25, 0.3) is 5.91 Å². The molecule has 202 valence electrons. The van der Waals surface area contributed by atoms with Crippen molar-refractivity contribution in [3.05, 3.63) is 130 Å². The Morgan fingerprint density at radius 3 is 2.23 bits per heavy atom. The number of halogens is 4. The van der Waals surface area contributed by atoms with Crippen LogP contribution in [-0.2, 0) is 19.3 Å². The van der Waals surface area contributed by atoms with Crippen molar-refractivity contribution in [2.24, 2.45) is 0 Å². The highest BCUT2D eigenvalue weighted by Crippen LogP contribution is 2.33. The summed E-state index contributed by atoms with van der Waals surface area (Å²) in [4.78, 5) is 24.7. The first kappa shape index (κ1) is 27.0. The summed E-state index contributed by atoms with van der Waals surface area (Å²) in [6.07, 6.45) is -2.60. The van der Waals surface area contributed by atoms with Crippen LogP contribution in [0.3, 0.4) is 0 Å². The number of carboxylic acids is 1. The van der Waals surface area contributed by atoms with Crippen LogP contribution in [0.2, 0.25) is 5.02 Å². The molecule has 5 nitrogen and oxygen atoms in total. The zero-order valence-electron chi connectivity index (χ0n) is 20.9. The number of nitrogens with one attached hydrogen (secondary N) is 1. The van der Waals surface area contributed by atoms with Gasteiger partial charge < -0.3 is 15.0 Å². The Morgan fingerprint density at radius 2 is 1.57 bits per heavy atom. The lowest BCUT2D eigenvalue weighted by Crippen LogP contribution is -2.23. The predicted molar refractivity (Wildman–Crippen MR) is 148 cm³/mol. The molecule has 1 amide bonds. The Labute approximate surface area is 232 Å². The van der Waals surface area contributed by atoms with Gasteiger partial charge in [-0.3, -0.25) is 4.79 Å². The van der Waals surface area contributed by atoms with E-state index >= 15 is 0 Å². The van der Waals surface area contributed by atoms with E-state index in [0.717, 1.165) is 23.1 Å². The molecule has 0 saturated carbocycles. The standard InChI is InChI=1S/C31H22ClF3N2O3/c32-26-3-1-2-20(14-26)18-37-13-12-23-15-24(21-8-10-25(11-9-21)31(33,34)35)16-27(28(23)37)29(38)36-17-19-4-6-22(7-5-19)30(39)40/h1-16H,17-18H2,(H,36,38)(H,39,40). The Bertz CT molecular complexity index is 1710. The van der Waals surface area contributed by atoms with Gasteiger partial charge in [-0.25, -0.2) is 4.79 Å². The van der Waals surface area contributed by atoms with E-state index in [1.54, 1.807) is 24.3 Å². The average Bonchev–Trinajstić information content (AvgIpc) is 3.33. The number of hydrogen-bond acceptors (Lipinski definition) is 2. The van der Waals surface area contributed by atoms with Crippen molar-refractivity contribution in [2.75, 3.05) is 0 Å². The molecule has 0 atom stereocenters. The van der Waals surface area contributed by atoms with Gasteiger partial charge in [-0.1, -0.05) is 48.0 Å². The van der Waals surface area contributed by atoms with Crippen LogP contribution in [0.4, 0.5) is 13.2 Å². The van der Waals surface area contributed by atoms with Gasteiger partial charge in [-0.2, -0.15) is 13.2 Å². The number of benzene rings is 4. The van der Waals surface area contributed by atoms with Crippen molar-refractivity contribution < 1.29 is 27.9 Å². The van der Waals surface area contributed by atoms with Gasteiger partial charge in [-0.05, 0) is 76.9 Å². The van der Waals surface area contributed by atoms with Crippen LogP contribution in [0, 0.1) is 0 Å². The van der Waals surface area contributed by atoms with Gasteiger partial charge >= 0.3 is 12.1 Å². The van der Waals surface area contributed by atoms with Gasteiger partial charge in [-0.15, -0.1) is 0 Å². The first-order valence-electron chi connectivity index (χ1n) is 12.2. The summed E-state index contributed by atoms with van der Waals surface area (Å²) in [7, 11) is 0. The van der Waals surface area contributed by atoms with Crippen LogP contribution in [0.25, 0.3) is 22.0 Å². The molecule has 0 saturated heterocycles. The smallest absolute Gasteiger partial charge is 0.416 e. The lowest BCUT2D eigenvalue weighted by molar-refractivity contribution is -0.137. The van der Waals surface area contributed by atoms with Crippen LogP contribution < -0.4 is 5.32 Å². The van der Waals surface area contributed by atoms with E-state index < -0.39 is 17.7 Å². The summed E-state index contributed by atoms with van der Waals surface area (Å²) >= 11 is 6.16. The van der Waals surface area contributed by atoms with Crippen LogP contribution in [-0.4, -0.2) is 21.6 Å². The maximum Gasteiger partial charge on any atom is 0.416 e. The van der Waals surface area contributed by atoms with Crippen LogP contribution in [0.15, 0.2) is 97.2 Å². The Balaban J connectivity index is 1.52. The summed E-state index contributed by atoms with van der Waals surface area (Å²) in [5.41, 5.74) is 3.17. The van der Waals surface area contributed by atoms with Crippen LogP contribution in [0.5, 0.6) is 0 Å². The van der Waals surface area contributed by atoms with E-state index in [4.69, 9.17) is 16.7 Å². The molecule has 0 spiro atoms. The molecule has 0 aliphatic carbocycles. The summed E-state index contributed by atoms with van der Waals surface area (Å²) < 4.78 is 41.2. The number of carboxylic acid groups (broad SMARTS) is 1. The Morgan fingerprint density at radius 1 is 0.850 bits per heavy atom. The molecule has 2 N–H and O–H groups in total. The van der Waals surface area contributed by atoms with Crippen molar-refractivity contribution in [2.45, 2.75) is 19.3 Å².